The fraction of sp³-hybridized carbons (Fsp3) is 0.500. The first-order valence-corrected chi connectivity index (χ1v) is 7.39. The van der Waals surface area contributed by atoms with Crippen LogP contribution in [0, 0.1) is 0 Å². The third-order valence-corrected chi connectivity index (χ3v) is 4.85. The van der Waals surface area contributed by atoms with E-state index in [1.165, 1.54) is 4.31 Å². The van der Waals surface area contributed by atoms with Gasteiger partial charge in [-0.15, -0.1) is 0 Å². The van der Waals surface area contributed by atoms with Crippen molar-refractivity contribution in [3.8, 4) is 0 Å². The number of benzene rings is 1. The number of aliphatic hydroxyl groups is 1. The standard InChI is InChI=1S/C12H17NO3S/c14-12-6-8-13(10-12)17(15,16)9-7-11-4-2-1-3-5-11/h1-5,12,14H,6-10H2/t12-/m1/s1. The third kappa shape index (κ3) is 3.28. The molecular formula is C12H17NO3S. The van der Waals surface area contributed by atoms with E-state index < -0.39 is 16.1 Å². The zero-order valence-electron chi connectivity index (χ0n) is 9.62. The van der Waals surface area contributed by atoms with Gasteiger partial charge in [-0.25, -0.2) is 8.42 Å². The van der Waals surface area contributed by atoms with Crippen molar-refractivity contribution in [2.75, 3.05) is 18.8 Å². The number of hydrogen-bond donors (Lipinski definition) is 1. The molecule has 1 fully saturated rings. The quantitative estimate of drug-likeness (QED) is 0.858. The molecule has 5 heteroatoms. The monoisotopic (exact) mass is 255 g/mol. The maximum absolute atomic E-state index is 12.0. The molecule has 0 aliphatic carbocycles. The summed E-state index contributed by atoms with van der Waals surface area (Å²) >= 11 is 0. The Labute approximate surface area is 102 Å². The van der Waals surface area contributed by atoms with Gasteiger partial charge >= 0.3 is 0 Å². The predicted molar refractivity (Wildman–Crippen MR) is 66.1 cm³/mol. The van der Waals surface area contributed by atoms with Crippen molar-refractivity contribution in [2.24, 2.45) is 0 Å². The lowest BCUT2D eigenvalue weighted by Gasteiger charge is -2.15. The first-order chi connectivity index (χ1) is 8.08. The van der Waals surface area contributed by atoms with Gasteiger partial charge in [0.1, 0.15) is 0 Å². The summed E-state index contributed by atoms with van der Waals surface area (Å²) in [5, 5.41) is 9.34. The highest BCUT2D eigenvalue weighted by Crippen LogP contribution is 2.15. The summed E-state index contributed by atoms with van der Waals surface area (Å²) in [5.41, 5.74) is 1.02. The van der Waals surface area contributed by atoms with E-state index in [2.05, 4.69) is 0 Å². The molecule has 4 nitrogen and oxygen atoms in total. The van der Waals surface area contributed by atoms with Crippen LogP contribution in [0.3, 0.4) is 0 Å². The average Bonchev–Trinajstić information content (AvgIpc) is 2.76. The predicted octanol–water partition coefficient (Wildman–Crippen LogP) is 0.626. The first-order valence-electron chi connectivity index (χ1n) is 5.78. The van der Waals surface area contributed by atoms with Crippen LogP contribution in [0.2, 0.25) is 0 Å². The summed E-state index contributed by atoms with van der Waals surface area (Å²) in [6.07, 6.45) is 0.571. The Bertz CT molecular complexity index is 458. The van der Waals surface area contributed by atoms with Crippen molar-refractivity contribution >= 4 is 10.0 Å². The molecular weight excluding hydrogens is 238 g/mol. The molecule has 0 bridgehead atoms. The van der Waals surface area contributed by atoms with Gasteiger partial charge < -0.3 is 5.11 Å². The molecule has 0 aromatic heterocycles. The third-order valence-electron chi connectivity index (χ3n) is 3.01. The molecule has 2 rings (SSSR count). The van der Waals surface area contributed by atoms with Crippen LogP contribution in [-0.4, -0.2) is 42.8 Å². The summed E-state index contributed by atoms with van der Waals surface area (Å²) in [7, 11) is -3.22. The molecule has 0 unspecified atom stereocenters. The van der Waals surface area contributed by atoms with E-state index in [4.69, 9.17) is 0 Å². The van der Waals surface area contributed by atoms with Gasteiger partial charge in [-0.1, -0.05) is 30.3 Å². The summed E-state index contributed by atoms with van der Waals surface area (Å²) in [6, 6.07) is 9.57. The molecule has 1 aromatic rings. The maximum Gasteiger partial charge on any atom is 0.214 e. The van der Waals surface area contributed by atoms with Gasteiger partial charge in [-0.2, -0.15) is 4.31 Å². The molecule has 1 N–H and O–H groups in total. The van der Waals surface area contributed by atoms with E-state index in [-0.39, 0.29) is 12.3 Å². The van der Waals surface area contributed by atoms with Crippen LogP contribution in [0.25, 0.3) is 0 Å². The summed E-state index contributed by atoms with van der Waals surface area (Å²) < 4.78 is 25.3. The van der Waals surface area contributed by atoms with Gasteiger partial charge in [-0.3, -0.25) is 0 Å². The van der Waals surface area contributed by atoms with Crippen LogP contribution >= 0.6 is 0 Å². The minimum absolute atomic E-state index is 0.115. The van der Waals surface area contributed by atoms with Crippen LogP contribution < -0.4 is 0 Å². The van der Waals surface area contributed by atoms with E-state index in [0.717, 1.165) is 5.56 Å². The fourth-order valence-electron chi connectivity index (χ4n) is 1.98. The van der Waals surface area contributed by atoms with Crippen molar-refractivity contribution in [2.45, 2.75) is 18.9 Å². The highest BCUT2D eigenvalue weighted by Gasteiger charge is 2.29. The van der Waals surface area contributed by atoms with E-state index >= 15 is 0 Å². The van der Waals surface area contributed by atoms with Gasteiger partial charge in [0.25, 0.3) is 0 Å². The molecule has 1 saturated heterocycles. The van der Waals surface area contributed by atoms with Crippen molar-refractivity contribution in [1.29, 1.82) is 0 Å². The molecule has 0 spiro atoms. The molecule has 17 heavy (non-hydrogen) atoms. The lowest BCUT2D eigenvalue weighted by Crippen LogP contribution is -2.32. The van der Waals surface area contributed by atoms with Gasteiger partial charge in [0.05, 0.1) is 11.9 Å². The second kappa shape index (κ2) is 5.16. The lowest BCUT2D eigenvalue weighted by atomic mass is 10.2. The van der Waals surface area contributed by atoms with Gasteiger partial charge in [0.15, 0.2) is 0 Å². The number of rotatable bonds is 4. The topological polar surface area (TPSA) is 57.6 Å². The van der Waals surface area contributed by atoms with Crippen LogP contribution in [0.15, 0.2) is 30.3 Å². The zero-order valence-corrected chi connectivity index (χ0v) is 10.4. The Morgan fingerprint density at radius 3 is 2.59 bits per heavy atom. The van der Waals surface area contributed by atoms with Crippen LogP contribution in [0.5, 0.6) is 0 Å². The Kier molecular flexibility index (Phi) is 3.81. The van der Waals surface area contributed by atoms with E-state index in [1.54, 1.807) is 0 Å². The van der Waals surface area contributed by atoms with Gasteiger partial charge in [0.2, 0.25) is 10.0 Å². The first kappa shape index (κ1) is 12.5. The van der Waals surface area contributed by atoms with E-state index in [9.17, 15) is 13.5 Å². The van der Waals surface area contributed by atoms with Crippen LogP contribution in [-0.2, 0) is 16.4 Å². The largest absolute Gasteiger partial charge is 0.392 e. The summed E-state index contributed by atoms with van der Waals surface area (Å²) in [4.78, 5) is 0. The number of aryl methyl sites for hydroxylation is 1. The Morgan fingerprint density at radius 2 is 2.00 bits per heavy atom. The molecule has 1 atom stereocenters. The number of sulfonamides is 1. The smallest absolute Gasteiger partial charge is 0.214 e. The van der Waals surface area contributed by atoms with Crippen molar-refractivity contribution in [1.82, 2.24) is 4.31 Å². The fourth-order valence-corrected chi connectivity index (χ4v) is 3.52. The van der Waals surface area contributed by atoms with Gasteiger partial charge in [0, 0.05) is 13.1 Å². The normalized spacial score (nSPS) is 21.8. The van der Waals surface area contributed by atoms with Crippen molar-refractivity contribution in [3.63, 3.8) is 0 Å². The maximum atomic E-state index is 12.0. The summed E-state index contributed by atoms with van der Waals surface area (Å²) in [5.74, 6) is 0.115. The highest BCUT2D eigenvalue weighted by atomic mass is 32.2. The molecule has 1 aliphatic heterocycles. The molecule has 1 heterocycles. The SMILES string of the molecule is O=S(=O)(CCc1ccccc1)N1CC[C@@H](O)C1. The molecule has 0 saturated carbocycles. The minimum atomic E-state index is -3.22. The number of nitrogens with zero attached hydrogens (tertiary/aromatic N) is 1. The Balaban J connectivity index is 1.94. The molecule has 1 aromatic carbocycles. The summed E-state index contributed by atoms with van der Waals surface area (Å²) in [6.45, 7) is 0.690. The lowest BCUT2D eigenvalue weighted by molar-refractivity contribution is 0.189. The van der Waals surface area contributed by atoms with Crippen molar-refractivity contribution < 1.29 is 13.5 Å². The molecule has 94 valence electrons. The van der Waals surface area contributed by atoms with E-state index in [0.29, 0.717) is 19.4 Å². The Morgan fingerprint density at radius 1 is 1.29 bits per heavy atom. The second-order valence-corrected chi connectivity index (χ2v) is 6.44. The number of hydrogen-bond acceptors (Lipinski definition) is 3. The second-order valence-electron chi connectivity index (χ2n) is 4.35. The number of β-amino-alcohol motifs (C(OH)–C–C–N with tert-alkyl or cyclic N) is 1. The van der Waals surface area contributed by atoms with Crippen LogP contribution in [0.4, 0.5) is 0 Å². The minimum Gasteiger partial charge on any atom is -0.392 e. The molecule has 0 radical (unpaired) electrons. The van der Waals surface area contributed by atoms with Crippen molar-refractivity contribution in [3.05, 3.63) is 35.9 Å². The Hall–Kier alpha value is -0.910. The van der Waals surface area contributed by atoms with Crippen LogP contribution in [0.1, 0.15) is 12.0 Å². The number of aliphatic hydroxyl groups excluding tert-OH is 1. The molecule has 0 amide bonds. The zero-order chi connectivity index (χ0) is 12.3. The highest BCUT2D eigenvalue weighted by molar-refractivity contribution is 7.89. The molecule has 1 aliphatic rings. The average molecular weight is 255 g/mol. The van der Waals surface area contributed by atoms with E-state index in [1.807, 2.05) is 30.3 Å². The van der Waals surface area contributed by atoms with Gasteiger partial charge in [-0.05, 0) is 18.4 Å².